The first-order chi connectivity index (χ1) is 13.8. The van der Waals surface area contributed by atoms with Crippen LogP contribution in [-0.4, -0.2) is 39.3 Å². The van der Waals surface area contributed by atoms with Crippen molar-refractivity contribution < 1.29 is 28.5 Å². The quantitative estimate of drug-likeness (QED) is 0.676. The molecular formula is C22H27NO6. The van der Waals surface area contributed by atoms with Crippen LogP contribution in [0.25, 0.3) is 0 Å². The molecule has 0 saturated heterocycles. The average molecular weight is 401 g/mol. The normalized spacial score (nSPS) is 11.4. The van der Waals surface area contributed by atoms with Gasteiger partial charge in [-0.15, -0.1) is 0 Å². The topological polar surface area (TPSA) is 83.1 Å². The molecule has 0 fully saturated rings. The number of hydrogen-bond acceptors (Lipinski definition) is 6. The maximum absolute atomic E-state index is 12.9. The highest BCUT2D eigenvalue weighted by Gasteiger charge is 2.24. The highest BCUT2D eigenvalue weighted by molar-refractivity contribution is 6.03. The van der Waals surface area contributed by atoms with Crippen LogP contribution in [0, 0.1) is 13.8 Å². The molecule has 2 rings (SSSR count). The van der Waals surface area contributed by atoms with Gasteiger partial charge in [-0.3, -0.25) is 4.79 Å². The number of esters is 1. The molecule has 0 unspecified atom stereocenters. The lowest BCUT2D eigenvalue weighted by Crippen LogP contribution is -2.33. The van der Waals surface area contributed by atoms with E-state index in [1.807, 2.05) is 39.0 Å². The molecule has 1 atom stereocenters. The van der Waals surface area contributed by atoms with Crippen LogP contribution in [0.3, 0.4) is 0 Å². The molecule has 0 aliphatic rings. The van der Waals surface area contributed by atoms with E-state index in [9.17, 15) is 9.59 Å². The molecule has 7 heteroatoms. The fourth-order valence-corrected chi connectivity index (χ4v) is 2.88. The lowest BCUT2D eigenvalue weighted by molar-refractivity contribution is -0.122. The molecule has 2 aromatic rings. The molecule has 0 spiro atoms. The van der Waals surface area contributed by atoms with E-state index in [-0.39, 0.29) is 17.2 Å². The number of anilines is 1. The second-order valence-electron chi connectivity index (χ2n) is 6.52. The van der Waals surface area contributed by atoms with Crippen LogP contribution in [-0.2, 0) is 9.53 Å². The zero-order valence-corrected chi connectivity index (χ0v) is 17.6. The minimum atomic E-state index is -0.741. The number of rotatable bonds is 8. The number of carbonyl (C=O) groups excluding carboxylic acids is 2. The largest absolute Gasteiger partial charge is 0.493 e. The van der Waals surface area contributed by atoms with Gasteiger partial charge in [0.05, 0.1) is 32.6 Å². The van der Waals surface area contributed by atoms with Gasteiger partial charge in [-0.05, 0) is 31.9 Å². The Bertz CT molecular complexity index is 893. The van der Waals surface area contributed by atoms with Gasteiger partial charge in [0.15, 0.2) is 17.6 Å². The van der Waals surface area contributed by atoms with E-state index in [4.69, 9.17) is 18.9 Å². The molecule has 7 nitrogen and oxygen atoms in total. The van der Waals surface area contributed by atoms with Gasteiger partial charge in [0.2, 0.25) is 0 Å². The minimum absolute atomic E-state index is 0.153. The Morgan fingerprint density at radius 3 is 2.17 bits per heavy atom. The van der Waals surface area contributed by atoms with Crippen LogP contribution in [0.4, 0.5) is 5.69 Å². The predicted octanol–water partition coefficient (Wildman–Crippen LogP) is 3.90. The fraction of sp³-hybridized carbons (Fsp3) is 0.364. The highest BCUT2D eigenvalue weighted by Crippen LogP contribution is 2.34. The van der Waals surface area contributed by atoms with Gasteiger partial charge in [-0.1, -0.05) is 24.6 Å². The third kappa shape index (κ3) is 5.19. The van der Waals surface area contributed by atoms with Gasteiger partial charge in [-0.2, -0.15) is 0 Å². The number of amides is 1. The molecular weight excluding hydrogens is 374 g/mol. The van der Waals surface area contributed by atoms with Crippen molar-refractivity contribution in [3.8, 4) is 17.2 Å². The number of methoxy groups -OCH3 is 3. The standard InChI is InChI=1S/C22H27NO6/c1-7-17(29-18-9-8-13(2)10-14(18)3)21(24)23-16-12-20(27-5)19(26-4)11-15(16)22(25)28-6/h8-12,17H,7H2,1-6H3,(H,23,24)/t17-/m0/s1. The maximum Gasteiger partial charge on any atom is 0.340 e. The number of hydrogen-bond donors (Lipinski definition) is 1. The molecule has 1 amide bonds. The minimum Gasteiger partial charge on any atom is -0.493 e. The third-order valence-corrected chi connectivity index (χ3v) is 4.45. The summed E-state index contributed by atoms with van der Waals surface area (Å²) >= 11 is 0. The molecule has 0 aromatic heterocycles. The molecule has 0 radical (unpaired) electrons. The monoisotopic (exact) mass is 401 g/mol. The molecule has 156 valence electrons. The van der Waals surface area contributed by atoms with Crippen molar-refractivity contribution in [2.45, 2.75) is 33.3 Å². The van der Waals surface area contributed by atoms with E-state index >= 15 is 0 Å². The third-order valence-electron chi connectivity index (χ3n) is 4.45. The molecule has 29 heavy (non-hydrogen) atoms. The first kappa shape index (κ1) is 22.1. The summed E-state index contributed by atoms with van der Waals surface area (Å²) in [5, 5.41) is 2.75. The molecule has 1 N–H and O–H groups in total. The lowest BCUT2D eigenvalue weighted by atomic mass is 10.1. The Balaban J connectivity index is 2.32. The van der Waals surface area contributed by atoms with E-state index < -0.39 is 12.1 Å². The van der Waals surface area contributed by atoms with Crippen LogP contribution in [0.5, 0.6) is 17.2 Å². The van der Waals surface area contributed by atoms with Gasteiger partial charge in [0.25, 0.3) is 5.91 Å². The Hall–Kier alpha value is -3.22. The molecule has 0 heterocycles. The molecule has 0 bridgehead atoms. The SMILES string of the molecule is CC[C@H](Oc1ccc(C)cc1C)C(=O)Nc1cc(OC)c(OC)cc1C(=O)OC. The highest BCUT2D eigenvalue weighted by atomic mass is 16.5. The summed E-state index contributed by atoms with van der Waals surface area (Å²) in [4.78, 5) is 25.1. The smallest absolute Gasteiger partial charge is 0.340 e. The van der Waals surface area contributed by atoms with Crippen molar-refractivity contribution in [2.75, 3.05) is 26.6 Å². The van der Waals surface area contributed by atoms with Crippen molar-refractivity contribution in [1.29, 1.82) is 0 Å². The molecule has 0 saturated carbocycles. The maximum atomic E-state index is 12.9. The predicted molar refractivity (Wildman–Crippen MR) is 110 cm³/mol. The summed E-state index contributed by atoms with van der Waals surface area (Å²) in [5.41, 5.74) is 2.46. The van der Waals surface area contributed by atoms with Gasteiger partial charge in [-0.25, -0.2) is 4.79 Å². The van der Waals surface area contributed by atoms with Crippen LogP contribution < -0.4 is 19.5 Å². The second-order valence-corrected chi connectivity index (χ2v) is 6.52. The summed E-state index contributed by atoms with van der Waals surface area (Å²) in [6.07, 6.45) is -0.296. The molecule has 0 aliphatic carbocycles. The van der Waals surface area contributed by atoms with Crippen LogP contribution >= 0.6 is 0 Å². The average Bonchev–Trinajstić information content (AvgIpc) is 2.72. The van der Waals surface area contributed by atoms with E-state index in [1.54, 1.807) is 0 Å². The molecule has 2 aromatic carbocycles. The molecule has 0 aliphatic heterocycles. The summed E-state index contributed by atoms with van der Waals surface area (Å²) < 4.78 is 21.3. The summed E-state index contributed by atoms with van der Waals surface area (Å²) in [6.45, 7) is 5.77. The fourth-order valence-electron chi connectivity index (χ4n) is 2.88. The number of carbonyl (C=O) groups is 2. The Kier molecular flexibility index (Phi) is 7.47. The summed E-state index contributed by atoms with van der Waals surface area (Å²) in [7, 11) is 4.20. The number of aryl methyl sites for hydroxylation is 2. The van der Waals surface area contributed by atoms with Crippen LogP contribution in [0.2, 0.25) is 0 Å². The first-order valence-corrected chi connectivity index (χ1v) is 9.23. The number of nitrogens with one attached hydrogen (secondary N) is 1. The van der Waals surface area contributed by atoms with Crippen molar-refractivity contribution in [3.63, 3.8) is 0 Å². The summed E-state index contributed by atoms with van der Waals surface area (Å²) in [5.74, 6) is 0.371. The van der Waals surface area contributed by atoms with Crippen molar-refractivity contribution >= 4 is 17.6 Å². The number of ether oxygens (including phenoxy) is 4. The van der Waals surface area contributed by atoms with Gasteiger partial charge in [0.1, 0.15) is 5.75 Å². The Labute approximate surface area is 170 Å². The van der Waals surface area contributed by atoms with Crippen LogP contribution in [0.15, 0.2) is 30.3 Å². The van der Waals surface area contributed by atoms with E-state index in [1.165, 1.54) is 33.5 Å². The summed E-state index contributed by atoms with van der Waals surface area (Å²) in [6, 6.07) is 8.75. The number of benzene rings is 2. The van der Waals surface area contributed by atoms with Gasteiger partial charge in [0, 0.05) is 12.1 Å². The van der Waals surface area contributed by atoms with Crippen molar-refractivity contribution in [3.05, 3.63) is 47.0 Å². The van der Waals surface area contributed by atoms with E-state index in [2.05, 4.69) is 5.32 Å². The Morgan fingerprint density at radius 2 is 1.62 bits per heavy atom. The zero-order chi connectivity index (χ0) is 21.6. The second kappa shape index (κ2) is 9.82. The first-order valence-electron chi connectivity index (χ1n) is 9.23. The Morgan fingerprint density at radius 1 is 0.966 bits per heavy atom. The van der Waals surface area contributed by atoms with Gasteiger partial charge < -0.3 is 24.3 Å². The van der Waals surface area contributed by atoms with Gasteiger partial charge >= 0.3 is 5.97 Å². The zero-order valence-electron chi connectivity index (χ0n) is 17.6. The van der Waals surface area contributed by atoms with Crippen molar-refractivity contribution in [1.82, 2.24) is 0 Å². The van der Waals surface area contributed by atoms with Crippen molar-refractivity contribution in [2.24, 2.45) is 0 Å². The van der Waals surface area contributed by atoms with Crippen LogP contribution in [0.1, 0.15) is 34.8 Å². The lowest BCUT2D eigenvalue weighted by Gasteiger charge is -2.20. The van der Waals surface area contributed by atoms with E-state index in [0.29, 0.717) is 23.7 Å². The van der Waals surface area contributed by atoms with E-state index in [0.717, 1.165) is 11.1 Å².